The molecule has 106 valence electrons. The van der Waals surface area contributed by atoms with Crippen molar-refractivity contribution in [2.45, 2.75) is 59.1 Å². The summed E-state index contributed by atoms with van der Waals surface area (Å²) in [5.41, 5.74) is 2.14. The molecule has 0 amide bonds. The van der Waals surface area contributed by atoms with Crippen molar-refractivity contribution in [2.75, 3.05) is 12.4 Å². The minimum absolute atomic E-state index is 0.105. The first kappa shape index (κ1) is 14.2. The number of rotatable bonds is 5. The number of anilines is 1. The Morgan fingerprint density at radius 2 is 1.89 bits per heavy atom. The molecular weight excluding hydrogens is 240 g/mol. The zero-order valence-electron chi connectivity index (χ0n) is 12.5. The molecule has 1 saturated carbocycles. The Morgan fingerprint density at radius 1 is 1.21 bits per heavy atom. The van der Waals surface area contributed by atoms with E-state index in [1.807, 2.05) is 0 Å². The summed E-state index contributed by atoms with van der Waals surface area (Å²) in [6.45, 7) is 8.59. The molecule has 19 heavy (non-hydrogen) atoms. The second-order valence-corrected chi connectivity index (χ2v) is 5.71. The monoisotopic (exact) mass is 264 g/mol. The number of aryl methyl sites for hydroxylation is 2. The molecule has 5 heteroatoms. The molecule has 1 aromatic heterocycles. The Kier molecular flexibility index (Phi) is 4.04. The van der Waals surface area contributed by atoms with E-state index < -0.39 is 0 Å². The van der Waals surface area contributed by atoms with Crippen molar-refractivity contribution < 1.29 is 4.74 Å². The van der Waals surface area contributed by atoms with Crippen molar-refractivity contribution in [2.24, 2.45) is 5.41 Å². The largest absolute Gasteiger partial charge is 0.381 e. The molecule has 2 unspecified atom stereocenters. The van der Waals surface area contributed by atoms with E-state index in [9.17, 15) is 0 Å². The minimum Gasteiger partial charge on any atom is -0.381 e. The Balaban J connectivity index is 2.09. The highest BCUT2D eigenvalue weighted by Crippen LogP contribution is 2.43. The van der Waals surface area contributed by atoms with Crippen LogP contribution in [-0.4, -0.2) is 34.4 Å². The van der Waals surface area contributed by atoms with Gasteiger partial charge in [0.1, 0.15) is 0 Å². The Labute approximate surface area is 115 Å². The molecule has 1 heterocycles. The average Bonchev–Trinajstić information content (AvgIpc) is 2.42. The molecule has 2 atom stereocenters. The molecule has 0 aliphatic heterocycles. The number of aromatic nitrogens is 3. The highest BCUT2D eigenvalue weighted by Gasteiger charge is 2.48. The van der Waals surface area contributed by atoms with Crippen LogP contribution in [0.15, 0.2) is 0 Å². The van der Waals surface area contributed by atoms with E-state index in [1.54, 1.807) is 7.11 Å². The zero-order valence-corrected chi connectivity index (χ0v) is 12.5. The first-order valence-electron chi connectivity index (χ1n) is 7.04. The van der Waals surface area contributed by atoms with E-state index in [1.165, 1.54) is 0 Å². The first-order chi connectivity index (χ1) is 9.02. The summed E-state index contributed by atoms with van der Waals surface area (Å²) in [5.74, 6) is 0.640. The number of ether oxygens (including phenoxy) is 1. The number of hydrogen-bond acceptors (Lipinski definition) is 5. The van der Waals surface area contributed by atoms with Gasteiger partial charge in [0.25, 0.3) is 0 Å². The smallest absolute Gasteiger partial charge is 0.243 e. The highest BCUT2D eigenvalue weighted by atomic mass is 16.5. The third-order valence-electron chi connectivity index (χ3n) is 4.27. The average molecular weight is 264 g/mol. The third kappa shape index (κ3) is 2.56. The maximum atomic E-state index is 5.45. The van der Waals surface area contributed by atoms with Crippen LogP contribution in [0.4, 0.5) is 5.95 Å². The summed E-state index contributed by atoms with van der Waals surface area (Å²) in [4.78, 5) is 4.57. The van der Waals surface area contributed by atoms with Crippen LogP contribution in [0.2, 0.25) is 0 Å². The normalized spacial score (nSPS) is 24.9. The van der Waals surface area contributed by atoms with Crippen LogP contribution in [0.5, 0.6) is 0 Å². The van der Waals surface area contributed by atoms with Gasteiger partial charge < -0.3 is 10.1 Å². The van der Waals surface area contributed by atoms with Crippen LogP contribution in [0.1, 0.15) is 45.5 Å². The fourth-order valence-corrected chi connectivity index (χ4v) is 2.69. The molecule has 0 radical (unpaired) electrons. The van der Waals surface area contributed by atoms with Gasteiger partial charge in [0.2, 0.25) is 5.95 Å². The topological polar surface area (TPSA) is 59.9 Å². The summed E-state index contributed by atoms with van der Waals surface area (Å²) in [7, 11) is 1.77. The molecule has 1 aromatic rings. The molecule has 1 aliphatic carbocycles. The van der Waals surface area contributed by atoms with Gasteiger partial charge in [-0.1, -0.05) is 27.7 Å². The van der Waals surface area contributed by atoms with Gasteiger partial charge in [0.05, 0.1) is 17.5 Å². The molecule has 1 N–H and O–H groups in total. The van der Waals surface area contributed by atoms with Crippen LogP contribution in [-0.2, 0) is 17.6 Å². The molecule has 0 aromatic carbocycles. The van der Waals surface area contributed by atoms with Crippen molar-refractivity contribution in [1.29, 1.82) is 0 Å². The molecular formula is C14H24N4O. The fourth-order valence-electron chi connectivity index (χ4n) is 2.69. The summed E-state index contributed by atoms with van der Waals surface area (Å²) >= 11 is 0. The Bertz CT molecular complexity index is 447. The van der Waals surface area contributed by atoms with Crippen molar-refractivity contribution in [1.82, 2.24) is 15.2 Å². The third-order valence-corrected chi connectivity index (χ3v) is 4.27. The van der Waals surface area contributed by atoms with Gasteiger partial charge in [0.15, 0.2) is 0 Å². The highest BCUT2D eigenvalue weighted by molar-refractivity contribution is 5.30. The summed E-state index contributed by atoms with van der Waals surface area (Å²) in [6.07, 6.45) is 3.06. The number of hydrogen-bond donors (Lipinski definition) is 1. The van der Waals surface area contributed by atoms with Gasteiger partial charge in [0, 0.05) is 18.6 Å². The maximum absolute atomic E-state index is 5.45. The van der Waals surface area contributed by atoms with Crippen LogP contribution in [0.25, 0.3) is 0 Å². The maximum Gasteiger partial charge on any atom is 0.243 e. The summed E-state index contributed by atoms with van der Waals surface area (Å²) in [6, 6.07) is 0.344. The first-order valence-corrected chi connectivity index (χ1v) is 7.04. The standard InChI is InChI=1S/C14H24N4O/c1-6-9-10(7-2)17-18-13(15-9)16-11-8-12(19-5)14(11,3)4/h11-12H,6-8H2,1-5H3,(H,15,16,18). The van der Waals surface area contributed by atoms with Gasteiger partial charge >= 0.3 is 0 Å². The lowest BCUT2D eigenvalue weighted by molar-refractivity contribution is -0.0796. The molecule has 1 aliphatic rings. The predicted molar refractivity (Wildman–Crippen MR) is 75.2 cm³/mol. The second-order valence-electron chi connectivity index (χ2n) is 5.71. The van der Waals surface area contributed by atoms with E-state index >= 15 is 0 Å². The Morgan fingerprint density at radius 3 is 2.42 bits per heavy atom. The quantitative estimate of drug-likeness (QED) is 0.883. The number of methoxy groups -OCH3 is 1. The second kappa shape index (κ2) is 5.41. The fraction of sp³-hybridized carbons (Fsp3) is 0.786. The molecule has 5 nitrogen and oxygen atoms in total. The van der Waals surface area contributed by atoms with E-state index in [2.05, 4.69) is 48.2 Å². The molecule has 0 bridgehead atoms. The van der Waals surface area contributed by atoms with Crippen molar-refractivity contribution in [3.8, 4) is 0 Å². The van der Waals surface area contributed by atoms with Gasteiger partial charge in [-0.3, -0.25) is 0 Å². The van der Waals surface area contributed by atoms with Gasteiger partial charge in [-0.25, -0.2) is 4.98 Å². The van der Waals surface area contributed by atoms with Crippen molar-refractivity contribution in [3.05, 3.63) is 11.4 Å². The van der Waals surface area contributed by atoms with Crippen LogP contribution >= 0.6 is 0 Å². The molecule has 0 saturated heterocycles. The lowest BCUT2D eigenvalue weighted by Crippen LogP contribution is -2.57. The van der Waals surface area contributed by atoms with Crippen LogP contribution < -0.4 is 5.32 Å². The van der Waals surface area contributed by atoms with E-state index in [4.69, 9.17) is 4.74 Å². The number of nitrogens with one attached hydrogen (secondary N) is 1. The van der Waals surface area contributed by atoms with Gasteiger partial charge in [-0.05, 0) is 19.3 Å². The molecule has 2 rings (SSSR count). The summed E-state index contributed by atoms with van der Waals surface area (Å²) < 4.78 is 5.45. The van der Waals surface area contributed by atoms with Crippen molar-refractivity contribution in [3.63, 3.8) is 0 Å². The molecule has 0 spiro atoms. The van der Waals surface area contributed by atoms with Crippen LogP contribution in [0, 0.1) is 5.41 Å². The Hall–Kier alpha value is -1.23. The van der Waals surface area contributed by atoms with E-state index in [-0.39, 0.29) is 5.41 Å². The lowest BCUT2D eigenvalue weighted by Gasteiger charge is -2.51. The zero-order chi connectivity index (χ0) is 14.0. The minimum atomic E-state index is 0.105. The van der Waals surface area contributed by atoms with Gasteiger partial charge in [-0.2, -0.15) is 5.10 Å². The summed E-state index contributed by atoms with van der Waals surface area (Å²) in [5, 5.41) is 11.8. The lowest BCUT2D eigenvalue weighted by atomic mass is 9.64. The number of nitrogens with zero attached hydrogens (tertiary/aromatic N) is 3. The van der Waals surface area contributed by atoms with Crippen LogP contribution in [0.3, 0.4) is 0 Å². The van der Waals surface area contributed by atoms with Gasteiger partial charge in [-0.15, -0.1) is 5.10 Å². The molecule has 1 fully saturated rings. The predicted octanol–water partition coefficient (Wildman–Crippen LogP) is 2.22. The van der Waals surface area contributed by atoms with E-state index in [0.717, 1.165) is 30.7 Å². The SMILES string of the molecule is CCc1nnc(NC2CC(OC)C2(C)C)nc1CC. The van der Waals surface area contributed by atoms with E-state index in [0.29, 0.717) is 18.1 Å². The van der Waals surface area contributed by atoms with Crippen molar-refractivity contribution >= 4 is 5.95 Å².